The lowest BCUT2D eigenvalue weighted by Gasteiger charge is -2.03. The monoisotopic (exact) mass is 226 g/mol. The van der Waals surface area contributed by atoms with Gasteiger partial charge in [-0.3, -0.25) is 9.89 Å². The highest BCUT2D eigenvalue weighted by Crippen LogP contribution is 2.10. The van der Waals surface area contributed by atoms with Crippen LogP contribution in [0.2, 0.25) is 0 Å². The van der Waals surface area contributed by atoms with Crippen molar-refractivity contribution in [2.75, 3.05) is 5.32 Å². The van der Waals surface area contributed by atoms with Crippen LogP contribution in [0.4, 0.5) is 5.69 Å². The van der Waals surface area contributed by atoms with E-state index in [-0.39, 0.29) is 5.91 Å². The number of amides is 1. The van der Waals surface area contributed by atoms with E-state index in [2.05, 4.69) is 21.6 Å². The molecule has 1 aromatic heterocycles. The van der Waals surface area contributed by atoms with E-state index in [0.717, 1.165) is 5.56 Å². The molecule has 1 amide bonds. The van der Waals surface area contributed by atoms with Crippen molar-refractivity contribution >= 4 is 11.6 Å². The molecule has 0 aliphatic rings. The largest absolute Gasteiger partial charge is 0.321 e. The summed E-state index contributed by atoms with van der Waals surface area (Å²) in [5, 5.41) is 17.5. The van der Waals surface area contributed by atoms with E-state index in [1.807, 2.05) is 12.1 Å². The Labute approximate surface area is 98.1 Å². The van der Waals surface area contributed by atoms with Crippen molar-refractivity contribution in [2.24, 2.45) is 0 Å². The normalized spacial score (nSPS) is 9.59. The first kappa shape index (κ1) is 10.9. The summed E-state index contributed by atoms with van der Waals surface area (Å²) in [4.78, 5) is 11.7. The fourth-order valence-corrected chi connectivity index (χ4v) is 1.38. The van der Waals surface area contributed by atoms with E-state index in [1.54, 1.807) is 18.2 Å². The van der Waals surface area contributed by atoms with Gasteiger partial charge in [0.1, 0.15) is 5.69 Å². The second kappa shape index (κ2) is 4.94. The van der Waals surface area contributed by atoms with Gasteiger partial charge in [-0.05, 0) is 23.8 Å². The van der Waals surface area contributed by atoms with Gasteiger partial charge < -0.3 is 5.32 Å². The molecule has 0 spiro atoms. The van der Waals surface area contributed by atoms with Gasteiger partial charge in [0.15, 0.2) is 0 Å². The third kappa shape index (κ3) is 2.69. The number of benzene rings is 1. The van der Waals surface area contributed by atoms with E-state index in [4.69, 9.17) is 5.26 Å². The smallest absolute Gasteiger partial charge is 0.273 e. The number of anilines is 1. The van der Waals surface area contributed by atoms with Crippen molar-refractivity contribution in [2.45, 2.75) is 6.42 Å². The summed E-state index contributed by atoms with van der Waals surface area (Å²) < 4.78 is 0. The molecule has 0 aliphatic carbocycles. The Balaban J connectivity index is 2.05. The Morgan fingerprint density at radius 2 is 2.12 bits per heavy atom. The van der Waals surface area contributed by atoms with Crippen molar-refractivity contribution in [3.8, 4) is 6.07 Å². The Morgan fingerprint density at radius 1 is 1.35 bits per heavy atom. The molecule has 2 rings (SSSR count). The van der Waals surface area contributed by atoms with Gasteiger partial charge in [-0.1, -0.05) is 12.1 Å². The molecule has 0 unspecified atom stereocenters. The SMILES string of the molecule is N#CCc1ccc(NC(=O)c2ccn[nH]2)cc1. The highest BCUT2D eigenvalue weighted by Gasteiger charge is 2.06. The minimum Gasteiger partial charge on any atom is -0.321 e. The number of rotatable bonds is 3. The van der Waals surface area contributed by atoms with E-state index >= 15 is 0 Å². The van der Waals surface area contributed by atoms with Crippen molar-refractivity contribution < 1.29 is 4.79 Å². The van der Waals surface area contributed by atoms with Gasteiger partial charge >= 0.3 is 0 Å². The number of aromatic nitrogens is 2. The highest BCUT2D eigenvalue weighted by molar-refractivity contribution is 6.02. The molecule has 5 nitrogen and oxygen atoms in total. The molecule has 0 fully saturated rings. The van der Waals surface area contributed by atoms with Crippen molar-refractivity contribution in [3.63, 3.8) is 0 Å². The number of nitriles is 1. The molecule has 0 saturated heterocycles. The molecular weight excluding hydrogens is 216 g/mol. The van der Waals surface area contributed by atoms with Crippen LogP contribution in [0, 0.1) is 11.3 Å². The Kier molecular flexibility index (Phi) is 3.17. The zero-order valence-electron chi connectivity index (χ0n) is 8.97. The van der Waals surface area contributed by atoms with E-state index in [0.29, 0.717) is 17.8 Å². The molecule has 1 aromatic carbocycles. The summed E-state index contributed by atoms with van der Waals surface area (Å²) >= 11 is 0. The van der Waals surface area contributed by atoms with Gasteiger partial charge in [-0.25, -0.2) is 0 Å². The molecule has 0 aliphatic heterocycles. The van der Waals surface area contributed by atoms with Crippen molar-refractivity contribution in [3.05, 3.63) is 47.8 Å². The van der Waals surface area contributed by atoms with Crippen LogP contribution >= 0.6 is 0 Å². The van der Waals surface area contributed by atoms with Crippen LogP contribution in [0.1, 0.15) is 16.1 Å². The number of carbonyl (C=O) groups excluding carboxylic acids is 1. The average Bonchev–Trinajstić information content (AvgIpc) is 2.86. The minimum absolute atomic E-state index is 0.240. The number of H-pyrrole nitrogens is 1. The molecule has 84 valence electrons. The first-order chi connectivity index (χ1) is 8.29. The van der Waals surface area contributed by atoms with Crippen LogP contribution in [0.5, 0.6) is 0 Å². The Hall–Kier alpha value is -2.61. The maximum absolute atomic E-state index is 11.7. The van der Waals surface area contributed by atoms with Crippen LogP contribution < -0.4 is 5.32 Å². The Bertz CT molecular complexity index is 537. The van der Waals surface area contributed by atoms with Gasteiger partial charge in [0.05, 0.1) is 12.5 Å². The molecule has 2 N–H and O–H groups in total. The lowest BCUT2D eigenvalue weighted by molar-refractivity contribution is 0.102. The van der Waals surface area contributed by atoms with Gasteiger partial charge in [-0.15, -0.1) is 0 Å². The van der Waals surface area contributed by atoms with E-state index in [1.165, 1.54) is 6.20 Å². The quantitative estimate of drug-likeness (QED) is 0.836. The minimum atomic E-state index is -0.240. The summed E-state index contributed by atoms with van der Waals surface area (Å²) in [5.74, 6) is -0.240. The van der Waals surface area contributed by atoms with Gasteiger partial charge in [0, 0.05) is 11.9 Å². The molecule has 17 heavy (non-hydrogen) atoms. The third-order valence-electron chi connectivity index (χ3n) is 2.24. The summed E-state index contributed by atoms with van der Waals surface area (Å²) in [6.45, 7) is 0. The molecular formula is C12H10N4O. The molecule has 1 heterocycles. The number of hydrogen-bond donors (Lipinski definition) is 2. The van der Waals surface area contributed by atoms with Gasteiger partial charge in [0.2, 0.25) is 0 Å². The van der Waals surface area contributed by atoms with Crippen molar-refractivity contribution in [1.29, 1.82) is 5.26 Å². The number of aromatic amines is 1. The second-order valence-electron chi connectivity index (χ2n) is 3.46. The number of hydrogen-bond acceptors (Lipinski definition) is 3. The van der Waals surface area contributed by atoms with E-state index < -0.39 is 0 Å². The maximum Gasteiger partial charge on any atom is 0.273 e. The molecule has 0 radical (unpaired) electrons. The van der Waals surface area contributed by atoms with Crippen LogP contribution in [0.25, 0.3) is 0 Å². The molecule has 5 heteroatoms. The zero-order chi connectivity index (χ0) is 12.1. The second-order valence-corrected chi connectivity index (χ2v) is 3.46. The summed E-state index contributed by atoms with van der Waals surface area (Å²) in [6.07, 6.45) is 1.89. The van der Waals surface area contributed by atoms with E-state index in [9.17, 15) is 4.79 Å². The highest BCUT2D eigenvalue weighted by atomic mass is 16.1. The van der Waals surface area contributed by atoms with Gasteiger partial charge in [-0.2, -0.15) is 10.4 Å². The molecule has 2 aromatic rings. The summed E-state index contributed by atoms with van der Waals surface area (Å²) in [6, 6.07) is 10.8. The van der Waals surface area contributed by atoms with Crippen LogP contribution in [0.3, 0.4) is 0 Å². The standard InChI is InChI=1S/C12H10N4O/c13-7-5-9-1-3-10(4-2-9)15-12(17)11-6-8-14-16-11/h1-4,6,8H,5H2,(H,14,16)(H,15,17). The topological polar surface area (TPSA) is 81.6 Å². The van der Waals surface area contributed by atoms with Crippen LogP contribution in [-0.4, -0.2) is 16.1 Å². The predicted octanol–water partition coefficient (Wildman–Crippen LogP) is 1.73. The van der Waals surface area contributed by atoms with Crippen LogP contribution in [0.15, 0.2) is 36.5 Å². The summed E-state index contributed by atoms with van der Waals surface area (Å²) in [5.41, 5.74) is 2.02. The predicted molar refractivity (Wildman–Crippen MR) is 62.3 cm³/mol. The molecule has 0 atom stereocenters. The first-order valence-corrected chi connectivity index (χ1v) is 5.06. The molecule has 0 bridgehead atoms. The lowest BCUT2D eigenvalue weighted by atomic mass is 10.1. The first-order valence-electron chi connectivity index (χ1n) is 5.06. The maximum atomic E-state index is 11.7. The molecule has 0 saturated carbocycles. The number of nitrogens with one attached hydrogen (secondary N) is 2. The fourth-order valence-electron chi connectivity index (χ4n) is 1.38. The fraction of sp³-hybridized carbons (Fsp3) is 0.0833. The average molecular weight is 226 g/mol. The number of carbonyl (C=O) groups is 1. The Morgan fingerprint density at radius 3 is 2.71 bits per heavy atom. The number of nitrogens with zero attached hydrogens (tertiary/aromatic N) is 2. The van der Waals surface area contributed by atoms with Gasteiger partial charge in [0.25, 0.3) is 5.91 Å². The lowest BCUT2D eigenvalue weighted by Crippen LogP contribution is -2.12. The summed E-state index contributed by atoms with van der Waals surface area (Å²) in [7, 11) is 0. The third-order valence-corrected chi connectivity index (χ3v) is 2.24. The van der Waals surface area contributed by atoms with Crippen LogP contribution in [-0.2, 0) is 6.42 Å². The zero-order valence-corrected chi connectivity index (χ0v) is 8.97. The van der Waals surface area contributed by atoms with Crippen molar-refractivity contribution in [1.82, 2.24) is 10.2 Å².